The molecular formula is C20H31FN4O2Si. The maximum Gasteiger partial charge on any atom is 0.415 e. The number of aryl methyl sites for hydroxylation is 1. The average molecular weight is 407 g/mol. The predicted octanol–water partition coefficient (Wildman–Crippen LogP) is 4.80. The summed E-state index contributed by atoms with van der Waals surface area (Å²) in [6.07, 6.45) is 5.14. The van der Waals surface area contributed by atoms with Gasteiger partial charge in [0, 0.05) is 20.8 Å². The molecule has 3 heterocycles. The molecule has 0 saturated heterocycles. The van der Waals surface area contributed by atoms with E-state index >= 15 is 0 Å². The van der Waals surface area contributed by atoms with Gasteiger partial charge in [-0.1, -0.05) is 33.0 Å². The molecule has 1 atom stereocenters. The van der Waals surface area contributed by atoms with Gasteiger partial charge in [-0.15, -0.1) is 0 Å². The Labute approximate surface area is 167 Å². The van der Waals surface area contributed by atoms with Crippen LogP contribution >= 0.6 is 0 Å². The number of hydrogen-bond donors (Lipinski definition) is 0. The Kier molecular flexibility index (Phi) is 6.37. The van der Waals surface area contributed by atoms with E-state index in [4.69, 9.17) is 4.74 Å². The van der Waals surface area contributed by atoms with E-state index in [0.29, 0.717) is 31.0 Å². The van der Waals surface area contributed by atoms with Gasteiger partial charge in [-0.3, -0.25) is 4.90 Å². The monoisotopic (exact) mass is 406 g/mol. The maximum absolute atomic E-state index is 14.2. The molecule has 0 fully saturated rings. The second-order valence-electron chi connectivity index (χ2n) is 8.77. The summed E-state index contributed by atoms with van der Waals surface area (Å²) in [5, 5.41) is 0.853. The van der Waals surface area contributed by atoms with Gasteiger partial charge >= 0.3 is 6.09 Å². The van der Waals surface area contributed by atoms with Gasteiger partial charge < -0.3 is 9.30 Å². The van der Waals surface area contributed by atoms with Crippen molar-refractivity contribution in [2.75, 3.05) is 18.1 Å². The van der Waals surface area contributed by atoms with Crippen LogP contribution in [0, 0.1) is 0 Å². The molecule has 1 aliphatic rings. The molecule has 28 heavy (non-hydrogen) atoms. The lowest BCUT2D eigenvalue weighted by atomic mass is 10.1. The number of alkyl halides is 1. The first kappa shape index (κ1) is 20.8. The predicted molar refractivity (Wildman–Crippen MR) is 113 cm³/mol. The third kappa shape index (κ3) is 4.71. The highest BCUT2D eigenvalue weighted by atomic mass is 28.3. The van der Waals surface area contributed by atoms with Gasteiger partial charge in [-0.25, -0.2) is 19.2 Å². The fourth-order valence-electron chi connectivity index (χ4n) is 3.57. The van der Waals surface area contributed by atoms with E-state index in [-0.39, 0.29) is 12.6 Å². The lowest BCUT2D eigenvalue weighted by molar-refractivity contribution is 0.159. The summed E-state index contributed by atoms with van der Waals surface area (Å²) in [5.41, 5.74) is 1.77. The Morgan fingerprint density at radius 2 is 2.14 bits per heavy atom. The van der Waals surface area contributed by atoms with Crippen molar-refractivity contribution >= 4 is 31.0 Å². The summed E-state index contributed by atoms with van der Waals surface area (Å²) in [4.78, 5) is 23.2. The zero-order valence-electron chi connectivity index (χ0n) is 17.4. The number of carbonyl (C=O) groups excluding carboxylic acids is 1. The van der Waals surface area contributed by atoms with Gasteiger partial charge in [0.15, 0.2) is 5.82 Å². The normalized spacial score (nSPS) is 15.5. The number of ether oxygens (including phenoxy) is 1. The molecule has 6 nitrogen and oxygen atoms in total. The molecule has 0 radical (unpaired) electrons. The van der Waals surface area contributed by atoms with Crippen LogP contribution in [-0.2, 0) is 17.7 Å². The van der Waals surface area contributed by atoms with Crippen molar-refractivity contribution in [3.63, 3.8) is 0 Å². The summed E-state index contributed by atoms with van der Waals surface area (Å²) in [6, 6.07) is 0.933. The minimum absolute atomic E-state index is 0.279. The summed E-state index contributed by atoms with van der Waals surface area (Å²) in [7, 11) is -1.27. The van der Waals surface area contributed by atoms with Gasteiger partial charge in [-0.2, -0.15) is 0 Å². The van der Waals surface area contributed by atoms with Crippen molar-refractivity contribution in [2.45, 2.75) is 71.0 Å². The molecule has 0 aromatic carbocycles. The fraction of sp³-hybridized carbons (Fsp3) is 0.650. The first-order chi connectivity index (χ1) is 13.3. The van der Waals surface area contributed by atoms with Crippen LogP contribution in [0.2, 0.25) is 25.7 Å². The van der Waals surface area contributed by atoms with Crippen molar-refractivity contribution in [3.8, 4) is 0 Å². The van der Waals surface area contributed by atoms with E-state index < -0.39 is 14.2 Å². The number of anilines is 1. The number of carbonyl (C=O) groups is 1. The molecule has 154 valence electrons. The van der Waals surface area contributed by atoms with Gasteiger partial charge in [0.1, 0.15) is 18.1 Å². The van der Waals surface area contributed by atoms with E-state index in [0.717, 1.165) is 36.3 Å². The van der Waals surface area contributed by atoms with Crippen molar-refractivity contribution in [3.05, 3.63) is 18.1 Å². The molecule has 8 heteroatoms. The molecule has 0 spiro atoms. The van der Waals surface area contributed by atoms with Crippen LogP contribution in [0.25, 0.3) is 11.0 Å². The quantitative estimate of drug-likeness (QED) is 0.620. The summed E-state index contributed by atoms with van der Waals surface area (Å²) in [5.74, 6) is 0.583. The highest BCUT2D eigenvalue weighted by Crippen LogP contribution is 2.32. The zero-order valence-corrected chi connectivity index (χ0v) is 18.4. The molecule has 2 aromatic heterocycles. The first-order valence-electron chi connectivity index (χ1n) is 10.2. The minimum Gasteiger partial charge on any atom is -0.449 e. The van der Waals surface area contributed by atoms with Gasteiger partial charge in [0.25, 0.3) is 0 Å². The van der Waals surface area contributed by atoms with Gasteiger partial charge in [0.2, 0.25) is 0 Å². The number of halogens is 1. The number of hydrogen-bond acceptors (Lipinski definition) is 4. The van der Waals surface area contributed by atoms with E-state index in [9.17, 15) is 9.18 Å². The fourth-order valence-corrected chi connectivity index (χ4v) is 4.29. The van der Waals surface area contributed by atoms with Crippen LogP contribution in [0.1, 0.15) is 31.7 Å². The van der Waals surface area contributed by atoms with Crippen molar-refractivity contribution in [1.82, 2.24) is 14.5 Å². The van der Waals surface area contributed by atoms with Crippen LogP contribution in [0.3, 0.4) is 0 Å². The second kappa shape index (κ2) is 8.59. The summed E-state index contributed by atoms with van der Waals surface area (Å²) in [6.45, 7) is 10.0. The molecule has 0 bridgehead atoms. The lowest BCUT2D eigenvalue weighted by Crippen LogP contribution is -2.34. The second-order valence-corrected chi connectivity index (χ2v) is 14.4. The Morgan fingerprint density at radius 3 is 2.86 bits per heavy atom. The summed E-state index contributed by atoms with van der Waals surface area (Å²) >= 11 is 0. The number of aromatic nitrogens is 3. The molecule has 1 aliphatic heterocycles. The maximum atomic E-state index is 14.2. The smallest absolute Gasteiger partial charge is 0.415 e. The van der Waals surface area contributed by atoms with E-state index in [1.807, 2.05) is 17.7 Å². The molecule has 2 aromatic rings. The van der Waals surface area contributed by atoms with Crippen molar-refractivity contribution in [1.29, 1.82) is 0 Å². The van der Waals surface area contributed by atoms with E-state index in [2.05, 4.69) is 29.6 Å². The first-order valence-corrected chi connectivity index (χ1v) is 13.9. The minimum atomic E-state index is -1.27. The highest BCUT2D eigenvalue weighted by Gasteiger charge is 2.28. The zero-order chi connectivity index (χ0) is 20.3. The molecule has 3 rings (SSSR count). The number of nitrogens with zero attached hydrogens (tertiary/aromatic N) is 4. The Bertz CT molecular complexity index is 833. The molecule has 0 N–H and O–H groups in total. The third-order valence-corrected chi connectivity index (χ3v) is 6.79. The number of amides is 1. The van der Waals surface area contributed by atoms with Crippen molar-refractivity contribution in [2.24, 2.45) is 0 Å². The third-order valence-electron chi connectivity index (χ3n) is 5.09. The number of rotatable bonds is 7. The summed E-state index contributed by atoms with van der Waals surface area (Å²) < 4.78 is 21.6. The van der Waals surface area contributed by atoms with Crippen LogP contribution in [-0.4, -0.2) is 48.0 Å². The largest absolute Gasteiger partial charge is 0.449 e. The Hall–Kier alpha value is -1.96. The van der Waals surface area contributed by atoms with E-state index in [1.54, 1.807) is 4.90 Å². The molecule has 0 aliphatic carbocycles. The van der Waals surface area contributed by atoms with Crippen molar-refractivity contribution < 1.29 is 13.9 Å². The highest BCUT2D eigenvalue weighted by molar-refractivity contribution is 6.76. The Balaban J connectivity index is 1.86. The van der Waals surface area contributed by atoms with Gasteiger partial charge in [-0.05, 0) is 30.9 Å². The average Bonchev–Trinajstić information content (AvgIpc) is 2.84. The molecule has 1 amide bonds. The van der Waals surface area contributed by atoms with Gasteiger partial charge in [0.05, 0.1) is 18.5 Å². The lowest BCUT2D eigenvalue weighted by Gasteiger charge is -2.22. The molecule has 0 saturated carbocycles. The van der Waals surface area contributed by atoms with Crippen LogP contribution < -0.4 is 4.90 Å². The van der Waals surface area contributed by atoms with E-state index in [1.165, 1.54) is 6.33 Å². The Morgan fingerprint density at radius 1 is 1.36 bits per heavy atom. The SMILES string of the molecule is CCCC(F)Cn1cc2c3c(ncnc31)N(C(=O)OCC[Si](C)(C)C)CCC2. The van der Waals surface area contributed by atoms with Crippen LogP contribution in [0.5, 0.6) is 0 Å². The topological polar surface area (TPSA) is 60.2 Å². The molecular weight excluding hydrogens is 375 g/mol. The van der Waals surface area contributed by atoms with Crippen LogP contribution in [0.15, 0.2) is 12.5 Å². The standard InChI is InChI=1S/C20H31FN4O2Si/c1-5-7-16(21)13-24-12-15-8-6-9-25(19-17(15)18(24)22-14-23-19)20(26)27-10-11-28(2,3)4/h12,14,16H,5-11,13H2,1-4H3. The molecule has 1 unspecified atom stereocenters. The van der Waals surface area contributed by atoms with Crippen LogP contribution in [0.4, 0.5) is 15.0 Å².